The zero-order valence-electron chi connectivity index (χ0n) is 12.7. The van der Waals surface area contributed by atoms with Gasteiger partial charge in [-0.25, -0.2) is 9.67 Å². The molecule has 0 radical (unpaired) electrons. The Bertz CT molecular complexity index is 786. The highest BCUT2D eigenvalue weighted by Gasteiger charge is 2.04. The minimum absolute atomic E-state index is 0.0145. The lowest BCUT2D eigenvalue weighted by molar-refractivity contribution is -0.123. The summed E-state index contributed by atoms with van der Waals surface area (Å²) in [6.07, 6.45) is 5.24. The first kappa shape index (κ1) is 16.4. The Morgan fingerprint density at radius 1 is 1.21 bits per heavy atom. The Labute approximate surface area is 153 Å². The number of ether oxygens (including phenoxy) is 1. The van der Waals surface area contributed by atoms with Crippen LogP contribution in [0.1, 0.15) is 5.56 Å². The Balaban J connectivity index is 1.46. The van der Waals surface area contributed by atoms with E-state index in [9.17, 15) is 4.79 Å². The number of carbonyl (C=O) groups excluding carboxylic acids is 1. The normalized spacial score (nSPS) is 10.4. The smallest absolute Gasteiger partial charge is 0.258 e. The highest BCUT2D eigenvalue weighted by atomic mass is 127. The molecule has 7 heteroatoms. The molecule has 1 aromatic carbocycles. The molecule has 24 heavy (non-hydrogen) atoms. The van der Waals surface area contributed by atoms with Gasteiger partial charge >= 0.3 is 0 Å². The predicted octanol–water partition coefficient (Wildman–Crippen LogP) is 2.57. The molecule has 2 heterocycles. The summed E-state index contributed by atoms with van der Waals surface area (Å²) in [6.45, 7) is 0.390. The molecular formula is C17H15IN4O2. The number of hydrogen-bond acceptors (Lipinski definition) is 4. The Kier molecular flexibility index (Phi) is 5.42. The second kappa shape index (κ2) is 7.91. The fourth-order valence-electron chi connectivity index (χ4n) is 1.99. The van der Waals surface area contributed by atoms with Crippen molar-refractivity contribution in [2.24, 2.45) is 0 Å². The van der Waals surface area contributed by atoms with Crippen molar-refractivity contribution in [2.75, 3.05) is 6.61 Å². The first-order valence-corrected chi connectivity index (χ1v) is 8.38. The van der Waals surface area contributed by atoms with Crippen LogP contribution in [0.25, 0.3) is 5.82 Å². The second-order valence-electron chi connectivity index (χ2n) is 4.99. The number of pyridine rings is 1. The maximum absolute atomic E-state index is 11.8. The van der Waals surface area contributed by atoms with Gasteiger partial charge in [-0.3, -0.25) is 4.79 Å². The van der Waals surface area contributed by atoms with Crippen LogP contribution in [0.15, 0.2) is 61.1 Å². The molecule has 0 saturated carbocycles. The van der Waals surface area contributed by atoms with Gasteiger partial charge in [0.05, 0.1) is 0 Å². The van der Waals surface area contributed by atoms with Crippen LogP contribution in [-0.4, -0.2) is 27.3 Å². The van der Waals surface area contributed by atoms with Crippen LogP contribution in [0.5, 0.6) is 5.75 Å². The van der Waals surface area contributed by atoms with Gasteiger partial charge in [-0.2, -0.15) is 5.10 Å². The van der Waals surface area contributed by atoms with E-state index in [1.807, 2.05) is 48.7 Å². The van der Waals surface area contributed by atoms with E-state index in [0.717, 1.165) is 15.0 Å². The number of nitrogens with one attached hydrogen (secondary N) is 1. The molecule has 0 unspecified atom stereocenters. The summed E-state index contributed by atoms with van der Waals surface area (Å²) in [5, 5.41) is 6.92. The van der Waals surface area contributed by atoms with Crippen LogP contribution in [0.2, 0.25) is 0 Å². The Hall–Kier alpha value is -2.42. The minimum Gasteiger partial charge on any atom is -0.484 e. The number of benzene rings is 1. The van der Waals surface area contributed by atoms with Crippen LogP contribution in [0, 0.1) is 3.57 Å². The molecule has 0 atom stereocenters. The summed E-state index contributed by atoms with van der Waals surface area (Å²) in [7, 11) is 0. The van der Waals surface area contributed by atoms with Crippen molar-refractivity contribution in [1.29, 1.82) is 0 Å². The van der Waals surface area contributed by atoms with E-state index in [0.29, 0.717) is 12.3 Å². The third kappa shape index (κ3) is 4.54. The number of carbonyl (C=O) groups is 1. The molecule has 0 aliphatic heterocycles. The quantitative estimate of drug-likeness (QED) is 0.606. The molecule has 0 saturated heterocycles. The van der Waals surface area contributed by atoms with E-state index >= 15 is 0 Å². The molecule has 0 bridgehead atoms. The van der Waals surface area contributed by atoms with Crippen LogP contribution in [0.4, 0.5) is 0 Å². The average molecular weight is 434 g/mol. The summed E-state index contributed by atoms with van der Waals surface area (Å²) >= 11 is 2.22. The third-order valence-corrected chi connectivity index (χ3v) is 3.94. The zero-order chi connectivity index (χ0) is 16.8. The van der Waals surface area contributed by atoms with Crippen molar-refractivity contribution in [1.82, 2.24) is 20.1 Å². The predicted molar refractivity (Wildman–Crippen MR) is 97.9 cm³/mol. The summed E-state index contributed by atoms with van der Waals surface area (Å²) in [4.78, 5) is 16.2. The lowest BCUT2D eigenvalue weighted by Crippen LogP contribution is -2.28. The molecule has 1 N–H and O–H groups in total. The summed E-state index contributed by atoms with van der Waals surface area (Å²) in [6, 6.07) is 13.1. The van der Waals surface area contributed by atoms with Gasteiger partial charge in [0.25, 0.3) is 5.91 Å². The molecule has 0 aliphatic carbocycles. The molecule has 6 nitrogen and oxygen atoms in total. The molecule has 0 fully saturated rings. The van der Waals surface area contributed by atoms with Gasteiger partial charge in [0.2, 0.25) is 0 Å². The van der Waals surface area contributed by atoms with Gasteiger partial charge in [0, 0.05) is 28.7 Å². The Morgan fingerprint density at radius 2 is 2.04 bits per heavy atom. The molecule has 3 aromatic rings. The maximum Gasteiger partial charge on any atom is 0.258 e. The first-order chi connectivity index (χ1) is 11.7. The van der Waals surface area contributed by atoms with Crippen molar-refractivity contribution in [3.63, 3.8) is 0 Å². The second-order valence-corrected chi connectivity index (χ2v) is 6.24. The number of amides is 1. The topological polar surface area (TPSA) is 69.0 Å². The lowest BCUT2D eigenvalue weighted by atomic mass is 10.3. The van der Waals surface area contributed by atoms with Crippen LogP contribution < -0.4 is 10.1 Å². The maximum atomic E-state index is 11.8. The van der Waals surface area contributed by atoms with Crippen molar-refractivity contribution in [3.05, 3.63) is 70.2 Å². The van der Waals surface area contributed by atoms with E-state index in [1.165, 1.54) is 0 Å². The molecule has 1 amide bonds. The van der Waals surface area contributed by atoms with Crippen molar-refractivity contribution < 1.29 is 9.53 Å². The van der Waals surface area contributed by atoms with Gasteiger partial charge < -0.3 is 10.1 Å². The number of nitrogens with zero attached hydrogens (tertiary/aromatic N) is 3. The van der Waals surface area contributed by atoms with Gasteiger partial charge in [-0.15, -0.1) is 0 Å². The fraction of sp³-hybridized carbons (Fsp3) is 0.118. The van der Waals surface area contributed by atoms with Crippen LogP contribution >= 0.6 is 22.6 Å². The van der Waals surface area contributed by atoms with E-state index in [1.54, 1.807) is 17.1 Å². The zero-order valence-corrected chi connectivity index (χ0v) is 14.9. The van der Waals surface area contributed by atoms with Crippen LogP contribution in [-0.2, 0) is 11.3 Å². The van der Waals surface area contributed by atoms with Gasteiger partial charge in [0.15, 0.2) is 12.4 Å². The largest absolute Gasteiger partial charge is 0.484 e. The minimum atomic E-state index is -0.176. The standard InChI is InChI=1S/C17H15IN4O2/c18-14-3-5-15(6-4-14)24-12-17(23)20-11-13-2-7-16(19-10-13)22-9-1-8-21-22/h1-10H,11-12H2,(H,20,23). The van der Waals surface area contributed by atoms with Crippen molar-refractivity contribution in [2.45, 2.75) is 6.54 Å². The molecule has 2 aromatic heterocycles. The number of rotatable bonds is 6. The monoisotopic (exact) mass is 434 g/mol. The molecule has 122 valence electrons. The summed E-state index contributed by atoms with van der Waals surface area (Å²) in [5.41, 5.74) is 0.911. The van der Waals surface area contributed by atoms with E-state index in [4.69, 9.17) is 4.74 Å². The summed E-state index contributed by atoms with van der Waals surface area (Å²) in [5.74, 6) is 1.23. The summed E-state index contributed by atoms with van der Waals surface area (Å²) < 4.78 is 8.24. The van der Waals surface area contributed by atoms with Gasteiger partial charge in [0.1, 0.15) is 5.75 Å². The van der Waals surface area contributed by atoms with Crippen molar-refractivity contribution >= 4 is 28.5 Å². The van der Waals surface area contributed by atoms with E-state index in [2.05, 4.69) is 38.0 Å². The number of hydrogen-bond donors (Lipinski definition) is 1. The van der Waals surface area contributed by atoms with E-state index in [-0.39, 0.29) is 12.5 Å². The highest BCUT2D eigenvalue weighted by Crippen LogP contribution is 2.13. The van der Waals surface area contributed by atoms with Gasteiger partial charge in [-0.1, -0.05) is 6.07 Å². The SMILES string of the molecule is O=C(COc1ccc(I)cc1)NCc1ccc(-n2cccn2)nc1. The number of halogens is 1. The average Bonchev–Trinajstić information content (AvgIpc) is 3.14. The van der Waals surface area contributed by atoms with Crippen LogP contribution in [0.3, 0.4) is 0 Å². The fourth-order valence-corrected chi connectivity index (χ4v) is 2.35. The Morgan fingerprint density at radius 3 is 2.71 bits per heavy atom. The molecule has 0 spiro atoms. The highest BCUT2D eigenvalue weighted by molar-refractivity contribution is 14.1. The molecular weight excluding hydrogens is 419 g/mol. The van der Waals surface area contributed by atoms with Gasteiger partial charge in [-0.05, 0) is 64.6 Å². The molecule has 3 rings (SSSR count). The molecule has 0 aliphatic rings. The van der Waals surface area contributed by atoms with Crippen molar-refractivity contribution in [3.8, 4) is 11.6 Å². The number of aromatic nitrogens is 3. The van der Waals surface area contributed by atoms with E-state index < -0.39 is 0 Å². The lowest BCUT2D eigenvalue weighted by Gasteiger charge is -2.08. The first-order valence-electron chi connectivity index (χ1n) is 7.31. The third-order valence-electron chi connectivity index (χ3n) is 3.22.